The number of hydrazine groups is 1. The van der Waals surface area contributed by atoms with Gasteiger partial charge in [-0.15, -0.1) is 0 Å². The van der Waals surface area contributed by atoms with Gasteiger partial charge in [-0.25, -0.2) is 5.43 Å². The Morgan fingerprint density at radius 3 is 2.31 bits per heavy atom. The number of carbonyl (C=O) groups is 1. The quantitative estimate of drug-likeness (QED) is 0.605. The number of alkyl halides is 3. The molecule has 0 aromatic rings. The van der Waals surface area contributed by atoms with Crippen LogP contribution in [-0.4, -0.2) is 29.7 Å². The summed E-state index contributed by atoms with van der Waals surface area (Å²) in [6.07, 6.45) is -2.95. The van der Waals surface area contributed by atoms with E-state index in [9.17, 15) is 18.0 Å². The standard InChI is InChI=1S/C6H8F3N3O/c1-12-3-2-5(11-12,4(10)13)6(7,8)9/h2-3,11H,1H3,(H2,10,13). The molecule has 0 spiro atoms. The van der Waals surface area contributed by atoms with E-state index in [1.165, 1.54) is 7.05 Å². The van der Waals surface area contributed by atoms with Crippen molar-refractivity contribution < 1.29 is 18.0 Å². The molecule has 1 atom stereocenters. The summed E-state index contributed by atoms with van der Waals surface area (Å²) in [6, 6.07) is 0. The van der Waals surface area contributed by atoms with Crippen LogP contribution in [0.5, 0.6) is 0 Å². The Labute approximate surface area is 72.1 Å². The van der Waals surface area contributed by atoms with Crippen LogP contribution in [0.3, 0.4) is 0 Å². The summed E-state index contributed by atoms with van der Waals surface area (Å²) in [5.41, 5.74) is 3.85. The molecule has 0 saturated carbocycles. The van der Waals surface area contributed by atoms with Crippen LogP contribution in [0, 0.1) is 0 Å². The summed E-state index contributed by atoms with van der Waals surface area (Å²) in [4.78, 5) is 10.7. The average molecular weight is 195 g/mol. The van der Waals surface area contributed by atoms with Crippen LogP contribution in [0.1, 0.15) is 0 Å². The van der Waals surface area contributed by atoms with E-state index in [-0.39, 0.29) is 0 Å². The van der Waals surface area contributed by atoms with Crippen LogP contribution < -0.4 is 11.2 Å². The molecule has 0 radical (unpaired) electrons. The van der Waals surface area contributed by atoms with Crippen molar-refractivity contribution >= 4 is 5.91 Å². The highest BCUT2D eigenvalue weighted by Crippen LogP contribution is 2.33. The zero-order chi connectivity index (χ0) is 10.3. The van der Waals surface area contributed by atoms with Crippen molar-refractivity contribution in [2.75, 3.05) is 7.05 Å². The van der Waals surface area contributed by atoms with Crippen molar-refractivity contribution in [3.8, 4) is 0 Å². The molecule has 1 rings (SSSR count). The van der Waals surface area contributed by atoms with Gasteiger partial charge in [0, 0.05) is 13.2 Å². The first-order chi connectivity index (χ1) is 5.79. The zero-order valence-electron chi connectivity index (χ0n) is 6.72. The van der Waals surface area contributed by atoms with E-state index < -0.39 is 17.6 Å². The normalized spacial score (nSPS) is 28.2. The molecule has 0 aromatic heterocycles. The van der Waals surface area contributed by atoms with E-state index in [0.29, 0.717) is 6.08 Å². The number of nitrogens with zero attached hydrogens (tertiary/aromatic N) is 1. The molecule has 1 aliphatic heterocycles. The fraction of sp³-hybridized carbons (Fsp3) is 0.500. The Balaban J connectivity index is 3.06. The first-order valence-corrected chi connectivity index (χ1v) is 3.36. The molecular formula is C6H8F3N3O. The Kier molecular flexibility index (Phi) is 1.99. The fourth-order valence-electron chi connectivity index (χ4n) is 1.01. The molecule has 0 bridgehead atoms. The van der Waals surface area contributed by atoms with Gasteiger partial charge < -0.3 is 10.7 Å². The van der Waals surface area contributed by atoms with E-state index in [1.54, 1.807) is 0 Å². The monoisotopic (exact) mass is 195 g/mol. The van der Waals surface area contributed by atoms with Crippen molar-refractivity contribution in [2.45, 2.75) is 11.7 Å². The summed E-state index contributed by atoms with van der Waals surface area (Å²) in [5, 5.41) is 1.03. The molecule has 0 aromatic carbocycles. The molecule has 13 heavy (non-hydrogen) atoms. The molecule has 0 fully saturated rings. The van der Waals surface area contributed by atoms with E-state index in [4.69, 9.17) is 0 Å². The lowest BCUT2D eigenvalue weighted by Crippen LogP contribution is -2.63. The number of hydrogen-bond donors (Lipinski definition) is 2. The van der Waals surface area contributed by atoms with Gasteiger partial charge in [-0.2, -0.15) is 13.2 Å². The van der Waals surface area contributed by atoms with E-state index in [2.05, 4.69) is 5.73 Å². The highest BCUT2D eigenvalue weighted by atomic mass is 19.4. The molecule has 1 heterocycles. The van der Waals surface area contributed by atoms with Crippen LogP contribution in [-0.2, 0) is 4.79 Å². The topological polar surface area (TPSA) is 58.4 Å². The SMILES string of the molecule is CN1C=CC(C(N)=O)(C(F)(F)F)N1. The van der Waals surface area contributed by atoms with Crippen molar-refractivity contribution in [1.29, 1.82) is 0 Å². The Morgan fingerprint density at radius 1 is 1.62 bits per heavy atom. The summed E-state index contributed by atoms with van der Waals surface area (Å²) in [7, 11) is 1.34. The summed E-state index contributed by atoms with van der Waals surface area (Å²) in [5.74, 6) is -1.47. The Morgan fingerprint density at radius 2 is 2.15 bits per heavy atom. The van der Waals surface area contributed by atoms with E-state index in [1.807, 2.05) is 5.43 Å². The van der Waals surface area contributed by atoms with Gasteiger partial charge in [0.05, 0.1) is 0 Å². The number of halogens is 3. The van der Waals surface area contributed by atoms with Gasteiger partial charge in [0.1, 0.15) is 0 Å². The summed E-state index contributed by atoms with van der Waals surface area (Å²) >= 11 is 0. The highest BCUT2D eigenvalue weighted by Gasteiger charge is 2.60. The number of rotatable bonds is 1. The van der Waals surface area contributed by atoms with Crippen LogP contribution in [0.4, 0.5) is 13.2 Å². The smallest absolute Gasteiger partial charge is 0.367 e. The second kappa shape index (κ2) is 2.63. The lowest BCUT2D eigenvalue weighted by Gasteiger charge is -2.28. The maximum absolute atomic E-state index is 12.4. The minimum absolute atomic E-state index is 0.690. The molecule has 3 N–H and O–H groups in total. The molecule has 74 valence electrons. The van der Waals surface area contributed by atoms with Crippen molar-refractivity contribution in [3.05, 3.63) is 12.3 Å². The maximum Gasteiger partial charge on any atom is 0.421 e. The van der Waals surface area contributed by atoms with Crippen molar-refractivity contribution in [2.24, 2.45) is 5.73 Å². The Hall–Kier alpha value is -1.24. The van der Waals surface area contributed by atoms with E-state index >= 15 is 0 Å². The number of primary amides is 1. The first-order valence-electron chi connectivity index (χ1n) is 3.36. The molecule has 1 unspecified atom stereocenters. The summed E-state index contributed by atoms with van der Waals surface area (Å²) < 4.78 is 37.2. The third-order valence-corrected chi connectivity index (χ3v) is 1.74. The molecule has 1 aliphatic rings. The molecule has 0 aliphatic carbocycles. The highest BCUT2D eigenvalue weighted by molar-refractivity contribution is 5.88. The maximum atomic E-state index is 12.4. The molecule has 1 amide bonds. The largest absolute Gasteiger partial charge is 0.421 e. The van der Waals surface area contributed by atoms with E-state index in [0.717, 1.165) is 11.2 Å². The van der Waals surface area contributed by atoms with Crippen LogP contribution >= 0.6 is 0 Å². The molecule has 0 saturated heterocycles. The summed E-state index contributed by atoms with van der Waals surface area (Å²) in [6.45, 7) is 0. The number of nitrogens with one attached hydrogen (secondary N) is 1. The third kappa shape index (κ3) is 1.35. The van der Waals surface area contributed by atoms with Gasteiger partial charge in [-0.1, -0.05) is 0 Å². The predicted octanol–water partition coefficient (Wildman–Crippen LogP) is -0.264. The second-order valence-electron chi connectivity index (χ2n) is 2.71. The fourth-order valence-corrected chi connectivity index (χ4v) is 1.01. The van der Waals surface area contributed by atoms with Gasteiger partial charge in [-0.05, 0) is 6.08 Å². The van der Waals surface area contributed by atoms with Gasteiger partial charge >= 0.3 is 6.18 Å². The second-order valence-corrected chi connectivity index (χ2v) is 2.71. The van der Waals surface area contributed by atoms with Gasteiger partial charge in [0.15, 0.2) is 0 Å². The van der Waals surface area contributed by atoms with Gasteiger partial charge in [0.25, 0.3) is 5.91 Å². The van der Waals surface area contributed by atoms with Crippen LogP contribution in [0.15, 0.2) is 12.3 Å². The molecular weight excluding hydrogens is 187 g/mol. The van der Waals surface area contributed by atoms with Crippen LogP contribution in [0.25, 0.3) is 0 Å². The number of carbonyl (C=O) groups excluding carboxylic acids is 1. The van der Waals surface area contributed by atoms with Crippen molar-refractivity contribution in [1.82, 2.24) is 10.4 Å². The van der Waals surface area contributed by atoms with Crippen LogP contribution in [0.2, 0.25) is 0 Å². The van der Waals surface area contributed by atoms with Crippen molar-refractivity contribution in [3.63, 3.8) is 0 Å². The lowest BCUT2D eigenvalue weighted by atomic mass is 10.0. The third-order valence-electron chi connectivity index (χ3n) is 1.74. The first kappa shape index (κ1) is 9.85. The van der Waals surface area contributed by atoms with Gasteiger partial charge in [0.2, 0.25) is 5.54 Å². The lowest BCUT2D eigenvalue weighted by molar-refractivity contribution is -0.190. The van der Waals surface area contributed by atoms with Gasteiger partial charge in [-0.3, -0.25) is 4.79 Å². The molecule has 4 nitrogen and oxygen atoms in total. The minimum atomic E-state index is -4.74. The minimum Gasteiger partial charge on any atom is -0.367 e. The number of nitrogens with two attached hydrogens (primary N) is 1. The molecule has 7 heteroatoms. The number of hydrogen-bond acceptors (Lipinski definition) is 3. The number of amides is 1. The predicted molar refractivity (Wildman–Crippen MR) is 38.0 cm³/mol. The Bertz CT molecular complexity index is 262. The average Bonchev–Trinajstić information content (AvgIpc) is 2.30. The zero-order valence-corrected chi connectivity index (χ0v) is 6.72.